The summed E-state index contributed by atoms with van der Waals surface area (Å²) in [5, 5.41) is 7.21. The van der Waals surface area contributed by atoms with Crippen LogP contribution in [0.25, 0.3) is 11.3 Å². The lowest BCUT2D eigenvalue weighted by atomic mass is 10.1. The number of anilines is 2. The number of hydrogen-bond donors (Lipinski definition) is 2. The highest BCUT2D eigenvalue weighted by Gasteiger charge is 2.22. The number of carbonyl (C=O) groups is 1. The Morgan fingerprint density at radius 3 is 2.77 bits per heavy atom. The highest BCUT2D eigenvalue weighted by molar-refractivity contribution is 6.04. The van der Waals surface area contributed by atoms with Gasteiger partial charge < -0.3 is 16.0 Å². The molecule has 3 N–H and O–H groups in total. The quantitative estimate of drug-likeness (QED) is 0.692. The van der Waals surface area contributed by atoms with Gasteiger partial charge in [0.1, 0.15) is 22.9 Å². The van der Waals surface area contributed by atoms with Crippen LogP contribution in [0.4, 0.5) is 15.9 Å². The molecule has 0 spiro atoms. The summed E-state index contributed by atoms with van der Waals surface area (Å²) in [6.45, 7) is 1.65. The summed E-state index contributed by atoms with van der Waals surface area (Å²) in [4.78, 5) is 19.4. The van der Waals surface area contributed by atoms with Crippen molar-refractivity contribution < 1.29 is 9.18 Å². The van der Waals surface area contributed by atoms with Crippen LogP contribution in [0.3, 0.4) is 0 Å². The second-order valence-electron chi connectivity index (χ2n) is 7.53. The fraction of sp³-hybridized carbons (Fsp3) is 0.318. The minimum atomic E-state index is -0.472. The van der Waals surface area contributed by atoms with Crippen LogP contribution >= 0.6 is 0 Å². The van der Waals surface area contributed by atoms with E-state index in [0.717, 1.165) is 38.2 Å². The molecular formula is C22H25FN6O. The molecule has 156 valence electrons. The highest BCUT2D eigenvalue weighted by atomic mass is 19.1. The minimum Gasteiger partial charge on any atom is -0.355 e. The van der Waals surface area contributed by atoms with E-state index in [1.807, 2.05) is 13.1 Å². The fourth-order valence-electron chi connectivity index (χ4n) is 3.78. The van der Waals surface area contributed by atoms with E-state index in [1.165, 1.54) is 12.1 Å². The molecule has 0 radical (unpaired) electrons. The summed E-state index contributed by atoms with van der Waals surface area (Å²) in [6, 6.07) is 11.8. The summed E-state index contributed by atoms with van der Waals surface area (Å²) >= 11 is 0. The SMILES string of the molecule is Cn1ncc(NC(=O)c2ccc(F)c(-c3ccccc3)n2)c1N1CCCC(N)CC1. The standard InChI is InChI=1S/C22H25FN6O/c1-28-22(29-12-5-8-16(24)11-13-29)19(14-25-28)27-21(30)18-10-9-17(23)20(26-18)15-6-3-2-4-7-15/h2-4,6-7,9-10,14,16H,5,8,11-13,24H2,1H3,(H,27,30). The Morgan fingerprint density at radius 2 is 1.97 bits per heavy atom. The zero-order valence-corrected chi connectivity index (χ0v) is 16.9. The molecule has 0 aliphatic carbocycles. The molecule has 7 nitrogen and oxygen atoms in total. The van der Waals surface area contributed by atoms with Crippen molar-refractivity contribution in [1.82, 2.24) is 14.8 Å². The number of nitrogens with two attached hydrogens (primary N) is 1. The van der Waals surface area contributed by atoms with Crippen molar-refractivity contribution in [2.24, 2.45) is 12.8 Å². The molecule has 1 aliphatic rings. The Balaban J connectivity index is 1.58. The van der Waals surface area contributed by atoms with Gasteiger partial charge in [0.25, 0.3) is 5.91 Å². The van der Waals surface area contributed by atoms with Gasteiger partial charge in [-0.15, -0.1) is 0 Å². The Morgan fingerprint density at radius 1 is 1.17 bits per heavy atom. The maximum atomic E-state index is 14.3. The molecule has 1 aliphatic heterocycles. The van der Waals surface area contributed by atoms with Crippen LogP contribution in [0, 0.1) is 5.82 Å². The van der Waals surface area contributed by atoms with E-state index >= 15 is 0 Å². The first-order chi connectivity index (χ1) is 14.5. The normalized spacial score (nSPS) is 16.9. The molecule has 1 saturated heterocycles. The predicted molar refractivity (Wildman–Crippen MR) is 115 cm³/mol. The number of amides is 1. The summed E-state index contributed by atoms with van der Waals surface area (Å²) in [5.74, 6) is -0.0449. The summed E-state index contributed by atoms with van der Waals surface area (Å²) in [6.07, 6.45) is 4.48. The van der Waals surface area contributed by atoms with Gasteiger partial charge in [0.05, 0.1) is 6.20 Å². The van der Waals surface area contributed by atoms with Gasteiger partial charge in [-0.1, -0.05) is 30.3 Å². The van der Waals surface area contributed by atoms with Gasteiger partial charge in [0, 0.05) is 31.7 Å². The Bertz CT molecular complexity index is 1040. The van der Waals surface area contributed by atoms with E-state index < -0.39 is 11.7 Å². The first kappa shape index (κ1) is 20.0. The average molecular weight is 408 g/mol. The van der Waals surface area contributed by atoms with Crippen LogP contribution in [0.1, 0.15) is 29.8 Å². The van der Waals surface area contributed by atoms with Gasteiger partial charge in [0.15, 0.2) is 5.82 Å². The smallest absolute Gasteiger partial charge is 0.274 e. The number of carbonyl (C=O) groups excluding carboxylic acids is 1. The lowest BCUT2D eigenvalue weighted by molar-refractivity contribution is 0.102. The largest absolute Gasteiger partial charge is 0.355 e. The molecule has 1 fully saturated rings. The average Bonchev–Trinajstić information content (AvgIpc) is 2.97. The number of halogens is 1. The summed E-state index contributed by atoms with van der Waals surface area (Å²) in [7, 11) is 1.85. The summed E-state index contributed by atoms with van der Waals surface area (Å²) < 4.78 is 16.1. The first-order valence-electron chi connectivity index (χ1n) is 10.1. The molecule has 4 rings (SSSR count). The molecule has 1 atom stereocenters. The Labute approximate surface area is 174 Å². The topological polar surface area (TPSA) is 89.1 Å². The molecule has 3 aromatic rings. The van der Waals surface area contributed by atoms with Gasteiger partial charge in [0.2, 0.25) is 0 Å². The number of rotatable bonds is 4. The van der Waals surface area contributed by atoms with Crippen molar-refractivity contribution in [1.29, 1.82) is 0 Å². The Hall–Kier alpha value is -3.26. The van der Waals surface area contributed by atoms with Crippen LogP contribution in [-0.4, -0.2) is 39.8 Å². The second-order valence-corrected chi connectivity index (χ2v) is 7.53. The highest BCUT2D eigenvalue weighted by Crippen LogP contribution is 2.28. The van der Waals surface area contributed by atoms with Crippen molar-refractivity contribution in [2.45, 2.75) is 25.3 Å². The molecular weight excluding hydrogens is 383 g/mol. The number of benzene rings is 1. The first-order valence-corrected chi connectivity index (χ1v) is 10.1. The Kier molecular flexibility index (Phi) is 5.76. The van der Waals surface area contributed by atoms with Crippen LogP contribution < -0.4 is 16.0 Å². The molecule has 1 amide bonds. The molecule has 2 aromatic heterocycles. The zero-order valence-electron chi connectivity index (χ0n) is 16.9. The van der Waals surface area contributed by atoms with Crippen LogP contribution in [0.15, 0.2) is 48.7 Å². The maximum absolute atomic E-state index is 14.3. The van der Waals surface area contributed by atoms with E-state index in [-0.39, 0.29) is 17.4 Å². The van der Waals surface area contributed by atoms with Gasteiger partial charge in [-0.2, -0.15) is 5.10 Å². The van der Waals surface area contributed by atoms with Crippen LogP contribution in [0.5, 0.6) is 0 Å². The van der Waals surface area contributed by atoms with Crippen molar-refractivity contribution >= 4 is 17.4 Å². The van der Waals surface area contributed by atoms with E-state index in [4.69, 9.17) is 5.73 Å². The number of hydrogen-bond acceptors (Lipinski definition) is 5. The number of aryl methyl sites for hydroxylation is 1. The minimum absolute atomic E-state index is 0.142. The van der Waals surface area contributed by atoms with Crippen molar-refractivity contribution in [3.8, 4) is 11.3 Å². The zero-order chi connectivity index (χ0) is 21.1. The van der Waals surface area contributed by atoms with E-state index in [2.05, 4.69) is 20.3 Å². The summed E-state index contributed by atoms with van der Waals surface area (Å²) in [5.41, 5.74) is 7.61. The maximum Gasteiger partial charge on any atom is 0.274 e. The number of aromatic nitrogens is 3. The lowest BCUT2D eigenvalue weighted by Gasteiger charge is -2.24. The van der Waals surface area contributed by atoms with Crippen LogP contribution in [0.2, 0.25) is 0 Å². The van der Waals surface area contributed by atoms with E-state index in [9.17, 15) is 9.18 Å². The van der Waals surface area contributed by atoms with Crippen molar-refractivity contribution in [3.63, 3.8) is 0 Å². The van der Waals surface area contributed by atoms with Gasteiger partial charge >= 0.3 is 0 Å². The third-order valence-electron chi connectivity index (χ3n) is 5.35. The van der Waals surface area contributed by atoms with Gasteiger partial charge in [-0.05, 0) is 31.4 Å². The van der Waals surface area contributed by atoms with Gasteiger partial charge in [-0.25, -0.2) is 9.37 Å². The fourth-order valence-corrected chi connectivity index (χ4v) is 3.78. The monoisotopic (exact) mass is 408 g/mol. The predicted octanol–water partition coefficient (Wildman–Crippen LogP) is 3.19. The third kappa shape index (κ3) is 4.18. The number of pyridine rings is 1. The third-order valence-corrected chi connectivity index (χ3v) is 5.35. The molecule has 0 bridgehead atoms. The molecule has 1 aromatic carbocycles. The molecule has 3 heterocycles. The van der Waals surface area contributed by atoms with Crippen molar-refractivity contribution in [3.05, 3.63) is 60.2 Å². The molecule has 8 heteroatoms. The second kappa shape index (κ2) is 8.62. The van der Waals surface area contributed by atoms with Crippen LogP contribution in [-0.2, 0) is 7.05 Å². The molecule has 30 heavy (non-hydrogen) atoms. The number of nitrogens with one attached hydrogen (secondary N) is 1. The van der Waals surface area contributed by atoms with E-state index in [0.29, 0.717) is 11.3 Å². The molecule has 0 saturated carbocycles. The number of nitrogens with zero attached hydrogens (tertiary/aromatic N) is 4. The molecule has 1 unspecified atom stereocenters. The lowest BCUT2D eigenvalue weighted by Crippen LogP contribution is -2.29. The van der Waals surface area contributed by atoms with Crippen molar-refractivity contribution in [2.75, 3.05) is 23.3 Å². The van der Waals surface area contributed by atoms with Gasteiger partial charge in [-0.3, -0.25) is 9.48 Å². The van der Waals surface area contributed by atoms with E-state index in [1.54, 1.807) is 35.1 Å².